The Morgan fingerprint density at radius 1 is 1.07 bits per heavy atom. The third kappa shape index (κ3) is 5.29. The standard InChI is InChI=1S/C21H24FN3O3/c1-2-28-19-8-6-16(7-9-19)21(27)25-12-10-24(11-13-25)15-20(26)23-18-5-3-4-17(22)14-18/h3-9,14H,2,10-13,15H2,1H3,(H,23,26). The first kappa shape index (κ1) is 19.8. The number of rotatable bonds is 6. The molecule has 0 saturated carbocycles. The molecule has 0 atom stereocenters. The summed E-state index contributed by atoms with van der Waals surface area (Å²) >= 11 is 0. The van der Waals surface area contributed by atoms with Crippen molar-refractivity contribution in [3.8, 4) is 5.75 Å². The number of nitrogens with one attached hydrogen (secondary N) is 1. The molecule has 0 aliphatic carbocycles. The lowest BCUT2D eigenvalue weighted by Gasteiger charge is -2.34. The van der Waals surface area contributed by atoms with Gasteiger partial charge in [0.25, 0.3) is 5.91 Å². The number of anilines is 1. The van der Waals surface area contributed by atoms with Crippen LogP contribution in [0.2, 0.25) is 0 Å². The molecule has 1 heterocycles. The molecular formula is C21H24FN3O3. The molecule has 0 aromatic heterocycles. The number of benzene rings is 2. The van der Waals surface area contributed by atoms with E-state index in [9.17, 15) is 14.0 Å². The van der Waals surface area contributed by atoms with E-state index in [2.05, 4.69) is 5.32 Å². The second-order valence-electron chi connectivity index (χ2n) is 6.58. The van der Waals surface area contributed by atoms with Gasteiger partial charge in [0.2, 0.25) is 5.91 Å². The van der Waals surface area contributed by atoms with Gasteiger partial charge in [-0.25, -0.2) is 4.39 Å². The highest BCUT2D eigenvalue weighted by Gasteiger charge is 2.23. The molecule has 1 saturated heterocycles. The normalized spacial score (nSPS) is 14.6. The van der Waals surface area contributed by atoms with E-state index in [0.29, 0.717) is 44.0 Å². The molecule has 2 aromatic rings. The minimum absolute atomic E-state index is 0.0214. The molecule has 0 spiro atoms. The number of carbonyl (C=O) groups excluding carboxylic acids is 2. The molecule has 6 nitrogen and oxygen atoms in total. The SMILES string of the molecule is CCOc1ccc(C(=O)N2CCN(CC(=O)Nc3cccc(F)c3)CC2)cc1. The maximum atomic E-state index is 13.2. The lowest BCUT2D eigenvalue weighted by Crippen LogP contribution is -2.50. The van der Waals surface area contributed by atoms with Crippen molar-refractivity contribution in [2.24, 2.45) is 0 Å². The van der Waals surface area contributed by atoms with E-state index in [4.69, 9.17) is 4.74 Å². The fourth-order valence-electron chi connectivity index (χ4n) is 3.12. The van der Waals surface area contributed by atoms with Gasteiger partial charge in [-0.3, -0.25) is 14.5 Å². The number of ether oxygens (including phenoxy) is 1. The monoisotopic (exact) mass is 385 g/mol. The van der Waals surface area contributed by atoms with E-state index in [-0.39, 0.29) is 24.2 Å². The highest BCUT2D eigenvalue weighted by Crippen LogP contribution is 2.15. The largest absolute Gasteiger partial charge is 0.494 e. The van der Waals surface area contributed by atoms with Gasteiger partial charge in [0.05, 0.1) is 13.2 Å². The van der Waals surface area contributed by atoms with Gasteiger partial charge in [0, 0.05) is 37.4 Å². The first-order chi connectivity index (χ1) is 13.5. The van der Waals surface area contributed by atoms with Gasteiger partial charge in [0.15, 0.2) is 0 Å². The molecule has 148 valence electrons. The van der Waals surface area contributed by atoms with Crippen LogP contribution in [0.3, 0.4) is 0 Å². The van der Waals surface area contributed by atoms with Crippen molar-refractivity contribution in [1.82, 2.24) is 9.80 Å². The average Bonchev–Trinajstić information content (AvgIpc) is 2.69. The summed E-state index contributed by atoms with van der Waals surface area (Å²) in [7, 11) is 0. The molecule has 0 unspecified atom stereocenters. The number of hydrogen-bond acceptors (Lipinski definition) is 4. The number of halogens is 1. The number of nitrogens with zero attached hydrogens (tertiary/aromatic N) is 2. The lowest BCUT2D eigenvalue weighted by atomic mass is 10.1. The smallest absolute Gasteiger partial charge is 0.253 e. The minimum Gasteiger partial charge on any atom is -0.494 e. The Kier molecular flexibility index (Phi) is 6.60. The Morgan fingerprint density at radius 2 is 1.79 bits per heavy atom. The van der Waals surface area contributed by atoms with Gasteiger partial charge in [0.1, 0.15) is 11.6 Å². The van der Waals surface area contributed by atoms with Gasteiger partial charge in [-0.15, -0.1) is 0 Å². The van der Waals surface area contributed by atoms with Gasteiger partial charge in [-0.2, -0.15) is 0 Å². The maximum absolute atomic E-state index is 13.2. The van der Waals surface area contributed by atoms with E-state index in [0.717, 1.165) is 5.75 Å². The molecule has 1 aliphatic heterocycles. The Hall–Kier alpha value is -2.93. The van der Waals surface area contributed by atoms with Gasteiger partial charge < -0.3 is 15.0 Å². The van der Waals surface area contributed by atoms with Crippen LogP contribution in [0.5, 0.6) is 5.75 Å². The zero-order chi connectivity index (χ0) is 19.9. The van der Waals surface area contributed by atoms with Crippen LogP contribution in [0.4, 0.5) is 10.1 Å². The van der Waals surface area contributed by atoms with Crippen molar-refractivity contribution in [2.75, 3.05) is 44.6 Å². The quantitative estimate of drug-likeness (QED) is 0.830. The van der Waals surface area contributed by atoms with Crippen LogP contribution in [0.25, 0.3) is 0 Å². The van der Waals surface area contributed by atoms with E-state index in [1.54, 1.807) is 41.3 Å². The summed E-state index contributed by atoms with van der Waals surface area (Å²) in [5.74, 6) is 0.135. The third-order valence-electron chi connectivity index (χ3n) is 4.55. The number of amides is 2. The van der Waals surface area contributed by atoms with Gasteiger partial charge >= 0.3 is 0 Å². The summed E-state index contributed by atoms with van der Waals surface area (Å²) in [5.41, 5.74) is 1.06. The van der Waals surface area contributed by atoms with Crippen molar-refractivity contribution in [2.45, 2.75) is 6.92 Å². The fourth-order valence-corrected chi connectivity index (χ4v) is 3.12. The average molecular weight is 385 g/mol. The molecule has 7 heteroatoms. The first-order valence-corrected chi connectivity index (χ1v) is 9.35. The zero-order valence-electron chi connectivity index (χ0n) is 15.9. The Labute approximate surface area is 163 Å². The maximum Gasteiger partial charge on any atom is 0.253 e. The molecule has 3 rings (SSSR count). The summed E-state index contributed by atoms with van der Waals surface area (Å²) in [6.45, 7) is 5.04. The molecular weight excluding hydrogens is 361 g/mol. The number of hydrogen-bond donors (Lipinski definition) is 1. The van der Waals surface area contributed by atoms with Crippen LogP contribution in [0.1, 0.15) is 17.3 Å². The second kappa shape index (κ2) is 9.32. The van der Waals surface area contributed by atoms with Crippen molar-refractivity contribution in [3.63, 3.8) is 0 Å². The molecule has 2 amide bonds. The van der Waals surface area contributed by atoms with Crippen LogP contribution in [0, 0.1) is 5.82 Å². The van der Waals surface area contributed by atoms with Crippen molar-refractivity contribution >= 4 is 17.5 Å². The van der Waals surface area contributed by atoms with Crippen LogP contribution in [-0.2, 0) is 4.79 Å². The van der Waals surface area contributed by atoms with Crippen LogP contribution >= 0.6 is 0 Å². The Morgan fingerprint density at radius 3 is 2.43 bits per heavy atom. The Balaban J connectivity index is 1.47. The van der Waals surface area contributed by atoms with E-state index in [1.807, 2.05) is 11.8 Å². The van der Waals surface area contributed by atoms with Crippen LogP contribution in [-0.4, -0.2) is 60.9 Å². The summed E-state index contributed by atoms with van der Waals surface area (Å²) in [6.07, 6.45) is 0. The van der Waals surface area contributed by atoms with Crippen LogP contribution < -0.4 is 10.1 Å². The van der Waals surface area contributed by atoms with Gasteiger partial charge in [-0.05, 0) is 49.4 Å². The summed E-state index contributed by atoms with van der Waals surface area (Å²) in [4.78, 5) is 28.5. The molecule has 28 heavy (non-hydrogen) atoms. The van der Waals surface area contributed by atoms with Gasteiger partial charge in [-0.1, -0.05) is 6.07 Å². The summed E-state index contributed by atoms with van der Waals surface area (Å²) in [6, 6.07) is 12.9. The van der Waals surface area contributed by atoms with Crippen LogP contribution in [0.15, 0.2) is 48.5 Å². The summed E-state index contributed by atoms with van der Waals surface area (Å²) in [5, 5.41) is 2.69. The molecule has 1 N–H and O–H groups in total. The van der Waals surface area contributed by atoms with Crippen molar-refractivity contribution in [1.29, 1.82) is 0 Å². The second-order valence-corrected chi connectivity index (χ2v) is 6.58. The topological polar surface area (TPSA) is 61.9 Å². The van der Waals surface area contributed by atoms with E-state index >= 15 is 0 Å². The Bertz CT molecular complexity index is 818. The lowest BCUT2D eigenvalue weighted by molar-refractivity contribution is -0.117. The first-order valence-electron chi connectivity index (χ1n) is 9.35. The molecule has 0 bridgehead atoms. The third-order valence-corrected chi connectivity index (χ3v) is 4.55. The molecule has 1 aliphatic rings. The minimum atomic E-state index is -0.390. The molecule has 2 aromatic carbocycles. The predicted molar refractivity (Wildman–Crippen MR) is 105 cm³/mol. The van der Waals surface area contributed by atoms with E-state index in [1.165, 1.54) is 12.1 Å². The van der Waals surface area contributed by atoms with Crippen molar-refractivity contribution < 1.29 is 18.7 Å². The zero-order valence-corrected chi connectivity index (χ0v) is 15.9. The highest BCUT2D eigenvalue weighted by atomic mass is 19.1. The molecule has 1 fully saturated rings. The van der Waals surface area contributed by atoms with Crippen molar-refractivity contribution in [3.05, 3.63) is 59.9 Å². The molecule has 0 radical (unpaired) electrons. The number of carbonyl (C=O) groups is 2. The summed E-state index contributed by atoms with van der Waals surface area (Å²) < 4.78 is 18.6. The van der Waals surface area contributed by atoms with E-state index < -0.39 is 0 Å². The fraction of sp³-hybridized carbons (Fsp3) is 0.333. The highest BCUT2D eigenvalue weighted by molar-refractivity contribution is 5.94. The number of piperazine rings is 1. The predicted octanol–water partition coefficient (Wildman–Crippen LogP) is 2.62.